The van der Waals surface area contributed by atoms with Crippen LogP contribution in [0.25, 0.3) is 0 Å². The number of rotatable bonds is 6. The Kier molecular flexibility index (Phi) is 6.84. The molecule has 0 aromatic heterocycles. The first-order valence-electron chi connectivity index (χ1n) is 7.21. The number of hydrogen-bond acceptors (Lipinski definition) is 5. The first-order valence-corrected chi connectivity index (χ1v) is 7.21. The minimum absolute atomic E-state index is 0.114. The fraction of sp³-hybridized carbons (Fsp3) is 0.857. The van der Waals surface area contributed by atoms with E-state index in [0.717, 1.165) is 19.4 Å². The molecule has 1 unspecified atom stereocenters. The van der Waals surface area contributed by atoms with E-state index in [1.165, 1.54) is 0 Å². The third-order valence-electron chi connectivity index (χ3n) is 3.46. The minimum atomic E-state index is -0.239. The molecule has 0 N–H and O–H groups in total. The van der Waals surface area contributed by atoms with Crippen LogP contribution in [-0.4, -0.2) is 49.2 Å². The van der Waals surface area contributed by atoms with Crippen LogP contribution in [0.5, 0.6) is 0 Å². The highest BCUT2D eigenvalue weighted by Gasteiger charge is 2.33. The second-order valence-electron chi connectivity index (χ2n) is 4.76. The Hall–Kier alpha value is -1.10. The molecular formula is C14H25NO4. The number of carbonyl (C=O) groups excluding carboxylic acids is 2. The average Bonchev–Trinajstić information content (AvgIpc) is 2.40. The van der Waals surface area contributed by atoms with Gasteiger partial charge in [-0.2, -0.15) is 0 Å². The summed E-state index contributed by atoms with van der Waals surface area (Å²) in [6, 6.07) is -0.239. The third kappa shape index (κ3) is 4.49. The number of likely N-dealkylation sites (tertiary alicyclic amines) is 1. The summed E-state index contributed by atoms with van der Waals surface area (Å²) in [5, 5.41) is 0. The van der Waals surface area contributed by atoms with Gasteiger partial charge >= 0.3 is 11.9 Å². The number of piperidine rings is 1. The largest absolute Gasteiger partial charge is 0.466 e. The van der Waals surface area contributed by atoms with Crippen molar-refractivity contribution in [2.24, 2.45) is 5.92 Å². The molecule has 0 saturated carbocycles. The zero-order valence-electron chi connectivity index (χ0n) is 12.2. The number of ether oxygens (including phenoxy) is 2. The van der Waals surface area contributed by atoms with Gasteiger partial charge in [-0.05, 0) is 39.7 Å². The van der Waals surface area contributed by atoms with Crippen LogP contribution in [0.1, 0.15) is 40.0 Å². The number of hydrogen-bond donors (Lipinski definition) is 0. The van der Waals surface area contributed by atoms with E-state index in [9.17, 15) is 9.59 Å². The number of nitrogens with zero attached hydrogens (tertiary/aromatic N) is 1. The van der Waals surface area contributed by atoms with Gasteiger partial charge in [0.2, 0.25) is 0 Å². The zero-order valence-corrected chi connectivity index (χ0v) is 12.2. The zero-order chi connectivity index (χ0) is 14.3. The molecule has 0 aromatic rings. The van der Waals surface area contributed by atoms with Gasteiger partial charge in [-0.25, -0.2) is 0 Å². The van der Waals surface area contributed by atoms with Crippen LogP contribution in [0.4, 0.5) is 0 Å². The molecule has 0 bridgehead atoms. The molecule has 110 valence electrons. The molecule has 1 heterocycles. The number of carbonyl (C=O) groups is 2. The van der Waals surface area contributed by atoms with Crippen LogP contribution >= 0.6 is 0 Å². The molecule has 5 heteroatoms. The summed E-state index contributed by atoms with van der Waals surface area (Å²) in [6.07, 6.45) is 2.46. The summed E-state index contributed by atoms with van der Waals surface area (Å²) in [5.74, 6) is -0.447. The van der Waals surface area contributed by atoms with Gasteiger partial charge in [0.15, 0.2) is 0 Å². The highest BCUT2D eigenvalue weighted by atomic mass is 16.5. The molecular weight excluding hydrogens is 246 g/mol. The van der Waals surface area contributed by atoms with E-state index in [4.69, 9.17) is 9.47 Å². The quantitative estimate of drug-likeness (QED) is 0.687. The van der Waals surface area contributed by atoms with Crippen LogP contribution in [0.15, 0.2) is 0 Å². The Bertz CT molecular complexity index is 306. The molecule has 0 aromatic carbocycles. The van der Waals surface area contributed by atoms with Crippen LogP contribution < -0.4 is 0 Å². The summed E-state index contributed by atoms with van der Waals surface area (Å²) < 4.78 is 10.2. The maximum atomic E-state index is 11.9. The molecule has 1 aliphatic rings. The van der Waals surface area contributed by atoms with Crippen molar-refractivity contribution in [1.29, 1.82) is 0 Å². The van der Waals surface area contributed by atoms with Gasteiger partial charge in [0.05, 0.1) is 19.1 Å². The van der Waals surface area contributed by atoms with Gasteiger partial charge in [-0.3, -0.25) is 14.5 Å². The molecule has 2 atom stereocenters. The van der Waals surface area contributed by atoms with Crippen molar-refractivity contribution in [1.82, 2.24) is 4.90 Å². The van der Waals surface area contributed by atoms with Crippen molar-refractivity contribution in [3.63, 3.8) is 0 Å². The second-order valence-corrected chi connectivity index (χ2v) is 4.76. The fourth-order valence-corrected chi connectivity index (χ4v) is 2.55. The third-order valence-corrected chi connectivity index (χ3v) is 3.46. The highest BCUT2D eigenvalue weighted by Crippen LogP contribution is 2.21. The van der Waals surface area contributed by atoms with Crippen molar-refractivity contribution in [2.75, 3.05) is 26.3 Å². The van der Waals surface area contributed by atoms with Gasteiger partial charge in [0.25, 0.3) is 0 Å². The van der Waals surface area contributed by atoms with E-state index < -0.39 is 0 Å². The first-order chi connectivity index (χ1) is 9.13. The summed E-state index contributed by atoms with van der Waals surface area (Å²) in [7, 11) is 0. The molecule has 1 rings (SSSR count). The average molecular weight is 271 g/mol. The summed E-state index contributed by atoms with van der Waals surface area (Å²) in [6.45, 7) is 7.82. The van der Waals surface area contributed by atoms with Gasteiger partial charge in [0.1, 0.15) is 6.04 Å². The van der Waals surface area contributed by atoms with E-state index in [1.54, 1.807) is 0 Å². The fourth-order valence-electron chi connectivity index (χ4n) is 2.55. The summed E-state index contributed by atoms with van der Waals surface area (Å²) in [5.41, 5.74) is 0. The van der Waals surface area contributed by atoms with E-state index in [0.29, 0.717) is 26.2 Å². The lowest BCUT2D eigenvalue weighted by molar-refractivity contribution is -0.155. The maximum Gasteiger partial charge on any atom is 0.323 e. The Morgan fingerprint density at radius 1 is 1.21 bits per heavy atom. The van der Waals surface area contributed by atoms with E-state index >= 15 is 0 Å². The minimum Gasteiger partial charge on any atom is -0.466 e. The van der Waals surface area contributed by atoms with Gasteiger partial charge < -0.3 is 9.47 Å². The van der Waals surface area contributed by atoms with Crippen molar-refractivity contribution < 1.29 is 19.1 Å². The van der Waals surface area contributed by atoms with E-state index in [1.807, 2.05) is 20.8 Å². The molecule has 1 aliphatic heterocycles. The molecule has 0 aliphatic carbocycles. The topological polar surface area (TPSA) is 55.8 Å². The van der Waals surface area contributed by atoms with Crippen molar-refractivity contribution in [3.05, 3.63) is 0 Å². The smallest absolute Gasteiger partial charge is 0.323 e. The predicted molar refractivity (Wildman–Crippen MR) is 71.6 cm³/mol. The van der Waals surface area contributed by atoms with Crippen LogP contribution in [-0.2, 0) is 19.1 Å². The molecule has 1 fully saturated rings. The molecule has 0 radical (unpaired) electrons. The lowest BCUT2D eigenvalue weighted by atomic mass is 9.96. The second kappa shape index (κ2) is 8.15. The van der Waals surface area contributed by atoms with Gasteiger partial charge in [0, 0.05) is 6.54 Å². The monoisotopic (exact) mass is 271 g/mol. The standard InChI is InChI=1S/C14H25NO4/c1-4-12(14(17)19-6-3)15-9-7-8-11(10-15)13(16)18-5-2/h11-12H,4-10H2,1-3H3/t11-,12?/m0/s1. The Morgan fingerprint density at radius 2 is 1.89 bits per heavy atom. The summed E-state index contributed by atoms with van der Waals surface area (Å²) in [4.78, 5) is 25.7. The Labute approximate surface area is 115 Å². The predicted octanol–water partition coefficient (Wildman–Crippen LogP) is 1.60. The van der Waals surface area contributed by atoms with Crippen molar-refractivity contribution >= 4 is 11.9 Å². The lowest BCUT2D eigenvalue weighted by Crippen LogP contribution is -2.48. The molecule has 0 amide bonds. The number of esters is 2. The van der Waals surface area contributed by atoms with E-state index in [-0.39, 0.29) is 23.9 Å². The normalized spacial score (nSPS) is 21.7. The van der Waals surface area contributed by atoms with Crippen LogP contribution in [0.2, 0.25) is 0 Å². The SMILES string of the molecule is CCOC(=O)C(CC)N1CCC[C@H](C(=O)OCC)C1. The lowest BCUT2D eigenvalue weighted by Gasteiger charge is -2.35. The maximum absolute atomic E-state index is 11.9. The molecule has 19 heavy (non-hydrogen) atoms. The van der Waals surface area contributed by atoms with Crippen LogP contribution in [0, 0.1) is 5.92 Å². The molecule has 0 spiro atoms. The van der Waals surface area contributed by atoms with E-state index in [2.05, 4.69) is 4.90 Å². The van der Waals surface area contributed by atoms with Gasteiger partial charge in [-0.1, -0.05) is 6.92 Å². The van der Waals surface area contributed by atoms with Gasteiger partial charge in [-0.15, -0.1) is 0 Å². The Morgan fingerprint density at radius 3 is 2.47 bits per heavy atom. The van der Waals surface area contributed by atoms with Crippen molar-refractivity contribution in [2.45, 2.75) is 46.1 Å². The highest BCUT2D eigenvalue weighted by molar-refractivity contribution is 5.76. The molecule has 5 nitrogen and oxygen atoms in total. The van der Waals surface area contributed by atoms with Crippen LogP contribution in [0.3, 0.4) is 0 Å². The molecule has 1 saturated heterocycles. The first kappa shape index (κ1) is 16.0. The van der Waals surface area contributed by atoms with Crippen molar-refractivity contribution in [3.8, 4) is 0 Å². The summed E-state index contributed by atoms with van der Waals surface area (Å²) >= 11 is 0. The Balaban J connectivity index is 2.61.